The Morgan fingerprint density at radius 2 is 2.00 bits per heavy atom. The molecule has 4 N–H and O–H groups in total. The lowest BCUT2D eigenvalue weighted by atomic mass is 9.69. The number of hydrogen-bond acceptors (Lipinski definition) is 7. The van der Waals surface area contributed by atoms with E-state index in [9.17, 15) is 9.65 Å². The monoisotopic (exact) mass is 551 g/mol. The van der Waals surface area contributed by atoms with Crippen LogP contribution in [0, 0.1) is 22.6 Å². The van der Waals surface area contributed by atoms with E-state index in [1.807, 2.05) is 26.2 Å². The highest BCUT2D eigenvalue weighted by Gasteiger charge is 2.38. The molecule has 1 saturated carbocycles. The minimum Gasteiger partial charge on any atom is -0.383 e. The van der Waals surface area contributed by atoms with E-state index in [0.29, 0.717) is 40.3 Å². The number of hydrazine groups is 2. The number of benzene rings is 2. The van der Waals surface area contributed by atoms with Crippen LogP contribution in [0.15, 0.2) is 54.5 Å². The maximum absolute atomic E-state index is 13.8. The van der Waals surface area contributed by atoms with Crippen LogP contribution in [0.5, 0.6) is 0 Å². The fourth-order valence-electron chi connectivity index (χ4n) is 4.48. The molecule has 1 fully saturated rings. The first-order valence-electron chi connectivity index (χ1n) is 12.5. The van der Waals surface area contributed by atoms with Gasteiger partial charge in [-0.15, -0.1) is 17.1 Å². The maximum Gasteiger partial charge on any atom is 0.148 e. The van der Waals surface area contributed by atoms with Crippen LogP contribution in [0.3, 0.4) is 0 Å². The van der Waals surface area contributed by atoms with Gasteiger partial charge in [0.1, 0.15) is 19.7 Å². The second-order valence-electron chi connectivity index (χ2n) is 10.8. The lowest BCUT2D eigenvalue weighted by molar-refractivity contribution is 0.260. The fraction of sp³-hybridized carbons (Fsp3) is 0.333. The molecule has 196 valence electrons. The van der Waals surface area contributed by atoms with Gasteiger partial charge in [-0.05, 0) is 48.1 Å². The summed E-state index contributed by atoms with van der Waals surface area (Å²) in [5.74, 6) is 0.157. The van der Waals surface area contributed by atoms with Crippen molar-refractivity contribution in [1.29, 1.82) is 5.26 Å². The predicted octanol–water partition coefficient (Wildman–Crippen LogP) is 4.80. The van der Waals surface area contributed by atoms with E-state index in [2.05, 4.69) is 51.5 Å². The number of rotatable bonds is 9. The first-order valence-corrected chi connectivity index (χ1v) is 13.4. The van der Waals surface area contributed by atoms with Crippen molar-refractivity contribution in [3.8, 4) is 6.07 Å². The van der Waals surface area contributed by atoms with Crippen molar-refractivity contribution in [3.05, 3.63) is 76.5 Å². The van der Waals surface area contributed by atoms with Gasteiger partial charge in [-0.3, -0.25) is 9.99 Å². The van der Waals surface area contributed by atoms with Crippen LogP contribution < -0.4 is 21.6 Å². The van der Waals surface area contributed by atoms with E-state index in [1.54, 1.807) is 12.1 Å². The number of pyridine rings is 1. The minimum atomic E-state index is -0.768. The molecule has 11 heteroatoms. The number of nitrogens with zero attached hydrogens (tertiary/aromatic N) is 3. The first kappa shape index (κ1) is 26.4. The highest BCUT2D eigenvalue weighted by molar-refractivity contribution is 6.36. The van der Waals surface area contributed by atoms with E-state index in [0.717, 1.165) is 35.2 Å². The summed E-state index contributed by atoms with van der Waals surface area (Å²) in [5.41, 5.74) is 9.68. The molecule has 38 heavy (non-hydrogen) atoms. The molecule has 1 aromatic heterocycles. The first-order chi connectivity index (χ1) is 18.1. The van der Waals surface area contributed by atoms with Gasteiger partial charge in [0, 0.05) is 41.9 Å². The van der Waals surface area contributed by atoms with Crippen molar-refractivity contribution in [2.24, 2.45) is 5.41 Å². The zero-order valence-electron chi connectivity index (χ0n) is 21.5. The number of hydrogen-bond donors (Lipinski definition) is 4. The van der Waals surface area contributed by atoms with Crippen LogP contribution in [0.25, 0.3) is 10.9 Å². The number of anilines is 2. The second kappa shape index (κ2) is 10.2. The zero-order chi connectivity index (χ0) is 27.1. The number of aromatic nitrogens is 1. The molecule has 0 saturated heterocycles. The van der Waals surface area contributed by atoms with E-state index in [1.165, 1.54) is 18.3 Å². The normalized spacial score (nSPS) is 16.9. The zero-order valence-corrected chi connectivity index (χ0v) is 23.0. The molecule has 0 amide bonds. The van der Waals surface area contributed by atoms with Crippen molar-refractivity contribution in [1.82, 2.24) is 21.0 Å². The van der Waals surface area contributed by atoms with Crippen molar-refractivity contribution in [2.75, 3.05) is 23.1 Å². The molecule has 1 atom stereocenters. The Labute approximate surface area is 232 Å². The number of halogens is 3. The van der Waals surface area contributed by atoms with Crippen molar-refractivity contribution in [3.63, 3.8) is 0 Å². The summed E-state index contributed by atoms with van der Waals surface area (Å²) in [6, 6.07) is 12.9. The lowest BCUT2D eigenvalue weighted by Crippen LogP contribution is -2.45. The van der Waals surface area contributed by atoms with Crippen molar-refractivity contribution >= 4 is 53.3 Å². The molecule has 0 radical (unpaired) electrons. The molecule has 2 aromatic carbocycles. The SMILES string of the molecule is BC(Nc1cc(Cl)c2ncc(C#N)c(NCC(C)(C)CCl)c2c1)(C1=CN(C2CC2)NN1)c1ccc(F)cc1. The summed E-state index contributed by atoms with van der Waals surface area (Å²) >= 11 is 12.9. The molecule has 2 heterocycles. The molecule has 1 aliphatic carbocycles. The molecule has 5 rings (SSSR count). The summed E-state index contributed by atoms with van der Waals surface area (Å²) in [4.78, 5) is 4.47. The third-order valence-corrected chi connectivity index (χ3v) is 8.05. The Morgan fingerprint density at radius 3 is 2.66 bits per heavy atom. The average Bonchev–Trinajstić information content (AvgIpc) is 3.63. The predicted molar refractivity (Wildman–Crippen MR) is 154 cm³/mol. The van der Waals surface area contributed by atoms with E-state index in [4.69, 9.17) is 23.2 Å². The van der Waals surface area contributed by atoms with Gasteiger partial charge in [-0.1, -0.05) is 37.6 Å². The Kier molecular flexibility index (Phi) is 7.08. The van der Waals surface area contributed by atoms with Crippen LogP contribution in [0.4, 0.5) is 15.8 Å². The molecule has 7 nitrogen and oxygen atoms in total. The van der Waals surface area contributed by atoms with Gasteiger partial charge in [-0.25, -0.2) is 4.39 Å². The van der Waals surface area contributed by atoms with E-state index in [-0.39, 0.29) is 11.2 Å². The Morgan fingerprint density at radius 1 is 1.26 bits per heavy atom. The quantitative estimate of drug-likeness (QED) is 0.224. The summed E-state index contributed by atoms with van der Waals surface area (Å²) in [7, 11) is 2.03. The van der Waals surface area contributed by atoms with Crippen molar-refractivity contribution < 1.29 is 4.39 Å². The van der Waals surface area contributed by atoms with Gasteiger partial charge in [0.2, 0.25) is 0 Å². The molecule has 2 aliphatic rings. The Hall–Kier alpha value is -3.19. The maximum atomic E-state index is 13.8. The molecule has 0 spiro atoms. The molecule has 3 aromatic rings. The molecule has 1 unspecified atom stereocenters. The van der Waals surface area contributed by atoms with Crippen LogP contribution >= 0.6 is 23.2 Å². The molecular formula is C27H29BCl2FN7. The summed E-state index contributed by atoms with van der Waals surface area (Å²) in [6.45, 7) is 4.67. The van der Waals surface area contributed by atoms with Gasteiger partial charge < -0.3 is 16.1 Å². The number of fused-ring (bicyclic) bond motifs is 1. The fourth-order valence-corrected chi connectivity index (χ4v) is 4.84. The topological polar surface area (TPSA) is 88.0 Å². The smallest absolute Gasteiger partial charge is 0.148 e. The van der Waals surface area contributed by atoms with Gasteiger partial charge in [0.05, 0.1) is 32.9 Å². The van der Waals surface area contributed by atoms with Crippen LogP contribution in [-0.4, -0.2) is 36.3 Å². The third kappa shape index (κ3) is 5.21. The third-order valence-electron chi connectivity index (χ3n) is 7.03. The standard InChI is InChI=1S/C27H29BCl2FN7/c1-26(2,14-29)15-34-24-16(11-32)12-33-25-21(24)9-19(10-22(25)30)35-27(28,17-3-5-18(31)6-4-17)23-13-38(37-36-23)20-7-8-20/h3-6,9-10,12-13,20,35-37H,7-8,14-15,28H2,1-2H3,(H,33,34). The minimum absolute atomic E-state index is 0.189. The second-order valence-corrected chi connectivity index (χ2v) is 11.5. The molecule has 1 aliphatic heterocycles. The number of nitriles is 1. The van der Waals surface area contributed by atoms with Gasteiger partial charge in [0.25, 0.3) is 0 Å². The van der Waals surface area contributed by atoms with Gasteiger partial charge in [0.15, 0.2) is 0 Å². The van der Waals surface area contributed by atoms with Crippen molar-refractivity contribution in [2.45, 2.75) is 38.2 Å². The van der Waals surface area contributed by atoms with Crippen LogP contribution in [0.2, 0.25) is 5.02 Å². The van der Waals surface area contributed by atoms with Gasteiger partial charge >= 0.3 is 0 Å². The summed E-state index contributed by atoms with van der Waals surface area (Å²) in [6.07, 6.45) is 5.84. The lowest BCUT2D eigenvalue weighted by Gasteiger charge is -2.34. The van der Waals surface area contributed by atoms with Crippen LogP contribution in [-0.2, 0) is 5.44 Å². The highest BCUT2D eigenvalue weighted by atomic mass is 35.5. The number of nitrogens with one attached hydrogen (secondary N) is 4. The number of alkyl halides is 1. The molecule has 0 bridgehead atoms. The van der Waals surface area contributed by atoms with Gasteiger partial charge in [-0.2, -0.15) is 5.26 Å². The Balaban J connectivity index is 1.59. The van der Waals surface area contributed by atoms with E-state index < -0.39 is 5.44 Å². The highest BCUT2D eigenvalue weighted by Crippen LogP contribution is 2.38. The van der Waals surface area contributed by atoms with Crippen LogP contribution in [0.1, 0.15) is 37.8 Å². The summed E-state index contributed by atoms with van der Waals surface area (Å²) < 4.78 is 13.8. The van der Waals surface area contributed by atoms with E-state index >= 15 is 0 Å². The Bertz CT molecular complexity index is 1440. The average molecular weight is 552 g/mol. The molecular weight excluding hydrogens is 523 g/mol. The summed E-state index contributed by atoms with van der Waals surface area (Å²) in [5, 5.41) is 20.1. The largest absolute Gasteiger partial charge is 0.383 e.